The van der Waals surface area contributed by atoms with Gasteiger partial charge in [-0.3, -0.25) is 0 Å². The van der Waals surface area contributed by atoms with Crippen molar-refractivity contribution in [3.63, 3.8) is 0 Å². The lowest BCUT2D eigenvalue weighted by atomic mass is 10.0. The monoisotopic (exact) mass is 237 g/mol. The van der Waals surface area contributed by atoms with E-state index in [0.717, 1.165) is 0 Å². The van der Waals surface area contributed by atoms with Gasteiger partial charge in [0, 0.05) is 0 Å². The van der Waals surface area contributed by atoms with Gasteiger partial charge in [0.15, 0.2) is 0 Å². The minimum absolute atomic E-state index is 0.711. The molecule has 0 rings (SSSR count). The number of aliphatic hydroxyl groups is 5. The first-order chi connectivity index (χ1) is 7.40. The third-order valence-corrected chi connectivity index (χ3v) is 1.68. The SMILES string of the molecule is NC(=O)N/N=C/[C@H](O)[C@@H](O)[C@H](O)[C@H](O)CO. The predicted octanol–water partition coefficient (Wildman–Crippen LogP) is -3.92. The fraction of sp³-hybridized carbons (Fsp3) is 0.714. The van der Waals surface area contributed by atoms with Crippen LogP contribution in [-0.2, 0) is 0 Å². The van der Waals surface area contributed by atoms with Crippen molar-refractivity contribution in [3.8, 4) is 0 Å². The highest BCUT2D eigenvalue weighted by molar-refractivity contribution is 5.73. The molecule has 94 valence electrons. The van der Waals surface area contributed by atoms with Crippen LogP contribution in [-0.4, -0.2) is 68.8 Å². The molecule has 0 fully saturated rings. The molecule has 0 bridgehead atoms. The number of rotatable bonds is 6. The number of aliphatic hydroxyl groups excluding tert-OH is 5. The standard InChI is InChI=1S/C7H15N3O6/c8-7(16)10-9-1-3(12)5(14)6(15)4(13)2-11/h1,3-6,11-15H,2H2,(H3,8,10,16)/b9-1+/t3-,4+,5+,6+/m0/s1. The molecule has 0 aliphatic carbocycles. The molecule has 4 atom stereocenters. The van der Waals surface area contributed by atoms with E-state index in [2.05, 4.69) is 10.8 Å². The lowest BCUT2D eigenvalue weighted by Crippen LogP contribution is -2.46. The number of nitrogens with two attached hydrogens (primary N) is 1. The van der Waals surface area contributed by atoms with E-state index in [1.54, 1.807) is 5.43 Å². The average Bonchev–Trinajstić information content (AvgIpc) is 2.25. The zero-order valence-electron chi connectivity index (χ0n) is 8.26. The number of urea groups is 1. The summed E-state index contributed by atoms with van der Waals surface area (Å²) in [6.07, 6.45) is -6.03. The number of nitrogens with one attached hydrogen (secondary N) is 1. The maximum Gasteiger partial charge on any atom is 0.332 e. The summed E-state index contributed by atoms with van der Waals surface area (Å²) in [4.78, 5) is 10.2. The Labute approximate surface area is 90.8 Å². The first-order valence-corrected chi connectivity index (χ1v) is 4.32. The molecule has 2 amide bonds. The number of carbonyl (C=O) groups is 1. The van der Waals surface area contributed by atoms with Crippen molar-refractivity contribution in [1.29, 1.82) is 0 Å². The van der Waals surface area contributed by atoms with Gasteiger partial charge in [-0.15, -0.1) is 0 Å². The van der Waals surface area contributed by atoms with Gasteiger partial charge in [0.05, 0.1) is 12.8 Å². The van der Waals surface area contributed by atoms with E-state index in [-0.39, 0.29) is 0 Å². The van der Waals surface area contributed by atoms with Crippen molar-refractivity contribution in [2.75, 3.05) is 6.61 Å². The number of hydrogen-bond donors (Lipinski definition) is 7. The number of nitrogens with zero attached hydrogens (tertiary/aromatic N) is 1. The molecule has 0 unspecified atom stereocenters. The Bertz CT molecular complexity index is 248. The second-order valence-corrected chi connectivity index (χ2v) is 2.98. The van der Waals surface area contributed by atoms with E-state index in [9.17, 15) is 20.1 Å². The van der Waals surface area contributed by atoms with Crippen molar-refractivity contribution >= 4 is 12.2 Å². The summed E-state index contributed by atoms with van der Waals surface area (Å²) in [6.45, 7) is -0.776. The van der Waals surface area contributed by atoms with Crippen LogP contribution >= 0.6 is 0 Å². The van der Waals surface area contributed by atoms with Crippen molar-refractivity contribution in [3.05, 3.63) is 0 Å². The van der Waals surface area contributed by atoms with Crippen LogP contribution in [0.2, 0.25) is 0 Å². The maximum absolute atomic E-state index is 10.2. The van der Waals surface area contributed by atoms with Gasteiger partial charge in [-0.25, -0.2) is 10.2 Å². The van der Waals surface area contributed by atoms with E-state index >= 15 is 0 Å². The molecule has 0 saturated carbocycles. The maximum atomic E-state index is 10.2. The highest BCUT2D eigenvalue weighted by Gasteiger charge is 2.29. The number of hydrogen-bond acceptors (Lipinski definition) is 7. The van der Waals surface area contributed by atoms with Crippen LogP contribution in [0, 0.1) is 0 Å². The fourth-order valence-electron chi connectivity index (χ4n) is 0.803. The summed E-state index contributed by atoms with van der Waals surface area (Å²) in [5, 5.41) is 48.2. The van der Waals surface area contributed by atoms with Crippen LogP contribution in [0.3, 0.4) is 0 Å². The lowest BCUT2D eigenvalue weighted by Gasteiger charge is -2.23. The quantitative estimate of drug-likeness (QED) is 0.184. The molecular weight excluding hydrogens is 222 g/mol. The smallest absolute Gasteiger partial charge is 0.332 e. The third kappa shape index (κ3) is 5.00. The number of carbonyl (C=O) groups excluding carboxylic acids is 1. The summed E-state index contributed by atoms with van der Waals surface area (Å²) in [7, 11) is 0. The molecule has 9 heteroatoms. The number of primary amides is 1. The Morgan fingerprint density at radius 3 is 2.31 bits per heavy atom. The lowest BCUT2D eigenvalue weighted by molar-refractivity contribution is -0.0999. The Kier molecular flexibility index (Phi) is 6.53. The van der Waals surface area contributed by atoms with Crippen LogP contribution in [0.15, 0.2) is 5.10 Å². The minimum Gasteiger partial charge on any atom is -0.394 e. The van der Waals surface area contributed by atoms with Crippen LogP contribution in [0.25, 0.3) is 0 Å². The first kappa shape index (κ1) is 14.7. The second-order valence-electron chi connectivity index (χ2n) is 2.98. The van der Waals surface area contributed by atoms with Crippen LogP contribution in [0.4, 0.5) is 4.79 Å². The van der Waals surface area contributed by atoms with E-state index in [1.807, 2.05) is 0 Å². The van der Waals surface area contributed by atoms with Crippen LogP contribution in [0.5, 0.6) is 0 Å². The molecule has 9 nitrogen and oxygen atoms in total. The van der Waals surface area contributed by atoms with Gasteiger partial charge in [0.1, 0.15) is 24.4 Å². The van der Waals surface area contributed by atoms with Gasteiger partial charge in [0.25, 0.3) is 0 Å². The molecule has 16 heavy (non-hydrogen) atoms. The molecule has 0 aromatic rings. The van der Waals surface area contributed by atoms with E-state index in [4.69, 9.17) is 10.2 Å². The van der Waals surface area contributed by atoms with Gasteiger partial charge in [0.2, 0.25) is 0 Å². The number of hydrazone groups is 1. The van der Waals surface area contributed by atoms with Crippen molar-refractivity contribution < 1.29 is 30.3 Å². The van der Waals surface area contributed by atoms with Gasteiger partial charge < -0.3 is 31.3 Å². The molecule has 0 aromatic heterocycles. The largest absolute Gasteiger partial charge is 0.394 e. The van der Waals surface area contributed by atoms with Gasteiger partial charge in [-0.1, -0.05) is 0 Å². The summed E-state index contributed by atoms with van der Waals surface area (Å²) in [5.41, 5.74) is 6.41. The normalized spacial score (nSPS) is 19.1. The molecule has 0 radical (unpaired) electrons. The van der Waals surface area contributed by atoms with Crippen molar-refractivity contribution in [1.82, 2.24) is 5.43 Å². The Balaban J connectivity index is 4.21. The molecule has 0 spiro atoms. The topological polar surface area (TPSA) is 169 Å². The molecule has 0 aliphatic heterocycles. The van der Waals surface area contributed by atoms with Gasteiger partial charge >= 0.3 is 6.03 Å². The molecule has 8 N–H and O–H groups in total. The molecule has 0 saturated heterocycles. The summed E-state index contributed by atoms with van der Waals surface area (Å²) in [5.74, 6) is 0. The zero-order valence-corrected chi connectivity index (χ0v) is 8.26. The fourth-order valence-corrected chi connectivity index (χ4v) is 0.803. The minimum atomic E-state index is -1.76. The Morgan fingerprint density at radius 2 is 1.88 bits per heavy atom. The molecule has 0 aromatic carbocycles. The van der Waals surface area contributed by atoms with Gasteiger partial charge in [-0.2, -0.15) is 5.10 Å². The van der Waals surface area contributed by atoms with Crippen molar-refractivity contribution in [2.45, 2.75) is 24.4 Å². The number of amides is 2. The second kappa shape index (κ2) is 7.09. The highest BCUT2D eigenvalue weighted by atomic mass is 16.4. The summed E-state index contributed by atoms with van der Waals surface area (Å²) in [6, 6.07) is -0.964. The Morgan fingerprint density at radius 1 is 1.31 bits per heavy atom. The predicted molar refractivity (Wildman–Crippen MR) is 52.3 cm³/mol. The average molecular weight is 237 g/mol. The Hall–Kier alpha value is -1.26. The molecular formula is C7H15N3O6. The van der Waals surface area contributed by atoms with Gasteiger partial charge in [-0.05, 0) is 0 Å². The van der Waals surface area contributed by atoms with E-state index in [0.29, 0.717) is 6.21 Å². The van der Waals surface area contributed by atoms with Crippen molar-refractivity contribution in [2.24, 2.45) is 10.8 Å². The first-order valence-electron chi connectivity index (χ1n) is 4.32. The van der Waals surface area contributed by atoms with Crippen LogP contribution in [0.1, 0.15) is 0 Å². The summed E-state index contributed by atoms with van der Waals surface area (Å²) >= 11 is 0. The third-order valence-electron chi connectivity index (χ3n) is 1.68. The molecule has 0 heterocycles. The highest BCUT2D eigenvalue weighted by Crippen LogP contribution is 2.03. The molecule has 0 aliphatic rings. The zero-order chi connectivity index (χ0) is 12.7. The summed E-state index contributed by atoms with van der Waals surface area (Å²) < 4.78 is 0. The van der Waals surface area contributed by atoms with E-state index < -0.39 is 37.1 Å². The van der Waals surface area contributed by atoms with Crippen LogP contribution < -0.4 is 11.2 Å². The van der Waals surface area contributed by atoms with E-state index in [1.165, 1.54) is 0 Å².